The molecule has 0 radical (unpaired) electrons. The lowest BCUT2D eigenvalue weighted by Gasteiger charge is -2.40. The quantitative estimate of drug-likeness (QED) is 0.255. The van der Waals surface area contributed by atoms with E-state index < -0.39 is 6.04 Å². The van der Waals surface area contributed by atoms with Crippen LogP contribution in [0.4, 0.5) is 11.4 Å². The number of piperidine rings is 1. The number of amides is 2. The summed E-state index contributed by atoms with van der Waals surface area (Å²) in [5, 5.41) is 14.6. The molecule has 2 saturated heterocycles. The number of phenolic OH excluding ortho intramolecular Hbond substituents is 1. The van der Waals surface area contributed by atoms with E-state index in [9.17, 15) is 19.5 Å². The number of aryl methyl sites for hydroxylation is 1. The van der Waals surface area contributed by atoms with Gasteiger partial charge in [-0.15, -0.1) is 0 Å². The lowest BCUT2D eigenvalue weighted by Crippen LogP contribution is -2.50. The van der Waals surface area contributed by atoms with E-state index in [1.54, 1.807) is 23.1 Å². The monoisotopic (exact) mass is 706 g/mol. The van der Waals surface area contributed by atoms with Crippen molar-refractivity contribution in [1.29, 1.82) is 0 Å². The molecule has 1 atom stereocenters. The van der Waals surface area contributed by atoms with Gasteiger partial charge in [-0.2, -0.15) is 0 Å². The van der Waals surface area contributed by atoms with Crippen LogP contribution >= 0.6 is 0 Å². The molecule has 10 nitrogen and oxygen atoms in total. The Morgan fingerprint density at radius 1 is 0.923 bits per heavy atom. The van der Waals surface area contributed by atoms with E-state index in [1.165, 1.54) is 0 Å². The van der Waals surface area contributed by atoms with Gasteiger partial charge >= 0.3 is 0 Å². The minimum Gasteiger partial charge on any atom is -0.506 e. The zero-order valence-electron chi connectivity index (χ0n) is 30.5. The van der Waals surface area contributed by atoms with E-state index in [0.29, 0.717) is 67.0 Å². The second kappa shape index (κ2) is 15.1. The first-order chi connectivity index (χ1) is 25.1. The van der Waals surface area contributed by atoms with Crippen LogP contribution in [0.2, 0.25) is 0 Å². The van der Waals surface area contributed by atoms with Crippen LogP contribution in [-0.4, -0.2) is 77.9 Å². The second-order valence-corrected chi connectivity index (χ2v) is 15.3. The van der Waals surface area contributed by atoms with Crippen molar-refractivity contribution in [3.63, 3.8) is 0 Å². The van der Waals surface area contributed by atoms with E-state index in [4.69, 9.17) is 9.47 Å². The highest BCUT2D eigenvalue weighted by atomic mass is 16.5. The summed E-state index contributed by atoms with van der Waals surface area (Å²) in [6.45, 7) is 11.2. The number of aromatic hydroxyl groups is 1. The summed E-state index contributed by atoms with van der Waals surface area (Å²) in [7, 11) is 0. The van der Waals surface area contributed by atoms with E-state index >= 15 is 0 Å². The van der Waals surface area contributed by atoms with Crippen LogP contribution in [0.5, 0.6) is 11.5 Å². The van der Waals surface area contributed by atoms with Crippen molar-refractivity contribution in [2.75, 3.05) is 49.6 Å². The van der Waals surface area contributed by atoms with Gasteiger partial charge in [0.25, 0.3) is 0 Å². The Hall–Kier alpha value is -4.67. The zero-order chi connectivity index (χ0) is 36.4. The van der Waals surface area contributed by atoms with Crippen LogP contribution < -0.4 is 15.0 Å². The summed E-state index contributed by atoms with van der Waals surface area (Å²) in [4.78, 5) is 48.5. The maximum atomic E-state index is 14.7. The Morgan fingerprint density at radius 3 is 2.38 bits per heavy atom. The van der Waals surface area contributed by atoms with Gasteiger partial charge in [-0.25, -0.2) is 0 Å². The molecule has 0 saturated carbocycles. The smallest absolute Gasteiger partial charge is 0.228 e. The first kappa shape index (κ1) is 35.7. The number of morpholine rings is 1. The number of benzene rings is 3. The number of nitrogens with one attached hydrogen (secondary N) is 1. The van der Waals surface area contributed by atoms with Crippen molar-refractivity contribution >= 4 is 29.0 Å². The maximum Gasteiger partial charge on any atom is 0.228 e. The summed E-state index contributed by atoms with van der Waals surface area (Å²) < 4.78 is 11.7. The fraction of sp³-hybridized carbons (Fsp3) is 0.452. The Balaban J connectivity index is 1.18. The topological polar surface area (TPSA) is 112 Å². The standard InChI is InChI=1S/C42H50N4O6/c1-28-24-31(52-27-29-8-5-4-6-9-29)12-13-32(28)41-39-33(25-42(2,3)26-36(39)48)43-40-34(10-7-11-35(40)47)46(41)38(50)15-14-37(49)45-18-16-30(17-19-45)44-20-22-51-23-21-44/h4-13,24,30,41,43,47H,14-23,25-27H2,1-3H3. The van der Waals surface area contributed by atoms with E-state index in [-0.39, 0.29) is 41.6 Å². The first-order valence-electron chi connectivity index (χ1n) is 18.6. The average Bonchev–Trinajstić information content (AvgIpc) is 3.28. The minimum atomic E-state index is -0.774. The predicted molar refractivity (Wildman–Crippen MR) is 200 cm³/mol. The average molecular weight is 707 g/mol. The Bertz CT molecular complexity index is 1840. The van der Waals surface area contributed by atoms with E-state index in [0.717, 1.165) is 55.8 Å². The lowest BCUT2D eigenvalue weighted by atomic mass is 9.73. The number of para-hydroxylation sites is 1. The van der Waals surface area contributed by atoms with Gasteiger partial charge in [0.15, 0.2) is 5.78 Å². The van der Waals surface area contributed by atoms with Crippen molar-refractivity contribution in [2.24, 2.45) is 5.41 Å². The number of hydrogen-bond acceptors (Lipinski definition) is 8. The van der Waals surface area contributed by atoms with E-state index in [2.05, 4.69) is 24.1 Å². The Morgan fingerprint density at radius 2 is 1.65 bits per heavy atom. The van der Waals surface area contributed by atoms with Crippen LogP contribution in [0.15, 0.2) is 78.0 Å². The number of ether oxygens (including phenoxy) is 2. The largest absolute Gasteiger partial charge is 0.506 e. The molecule has 52 heavy (non-hydrogen) atoms. The van der Waals surface area contributed by atoms with Crippen molar-refractivity contribution in [3.05, 3.63) is 94.7 Å². The molecule has 1 aliphatic carbocycles. The van der Waals surface area contributed by atoms with Crippen molar-refractivity contribution in [3.8, 4) is 11.5 Å². The van der Waals surface area contributed by atoms with Gasteiger partial charge in [0.05, 0.1) is 24.9 Å². The highest BCUT2D eigenvalue weighted by molar-refractivity contribution is 6.07. The molecule has 4 aliphatic rings. The lowest BCUT2D eigenvalue weighted by molar-refractivity contribution is -0.135. The molecule has 0 spiro atoms. The summed E-state index contributed by atoms with van der Waals surface area (Å²) in [5.41, 5.74) is 4.45. The van der Waals surface area contributed by atoms with Crippen LogP contribution in [0.3, 0.4) is 0 Å². The molecular formula is C42H50N4O6. The molecule has 3 aromatic carbocycles. The predicted octanol–water partition coefficient (Wildman–Crippen LogP) is 6.53. The van der Waals surface area contributed by atoms with E-state index in [1.807, 2.05) is 60.4 Å². The van der Waals surface area contributed by atoms with Gasteiger partial charge in [-0.05, 0) is 72.6 Å². The van der Waals surface area contributed by atoms with Crippen LogP contribution in [0, 0.1) is 12.3 Å². The number of hydrogen-bond donors (Lipinski definition) is 2. The van der Waals surface area contributed by atoms with Crippen molar-refractivity contribution < 1.29 is 29.0 Å². The molecule has 2 amide bonds. The number of fused-ring (bicyclic) bond motifs is 1. The Kier molecular flexibility index (Phi) is 10.4. The highest BCUT2D eigenvalue weighted by Gasteiger charge is 2.44. The number of rotatable bonds is 8. The van der Waals surface area contributed by atoms with Gasteiger partial charge < -0.3 is 24.8 Å². The number of carbonyl (C=O) groups is 3. The molecular weight excluding hydrogens is 656 g/mol. The third-order valence-electron chi connectivity index (χ3n) is 11.0. The molecule has 2 N–H and O–H groups in total. The number of carbonyl (C=O) groups excluding carboxylic acids is 3. The highest BCUT2D eigenvalue weighted by Crippen LogP contribution is 2.51. The SMILES string of the molecule is Cc1cc(OCc2ccccc2)ccc1C1C2=C(CC(C)(C)CC2=O)Nc2c(O)cccc2N1C(=O)CCC(=O)N1CCC(N2CCOCC2)CC1. The third kappa shape index (κ3) is 7.59. The summed E-state index contributed by atoms with van der Waals surface area (Å²) >= 11 is 0. The van der Waals surface area contributed by atoms with Crippen molar-refractivity contribution in [1.82, 2.24) is 9.80 Å². The summed E-state index contributed by atoms with van der Waals surface area (Å²) in [5.74, 6) is 0.295. The van der Waals surface area contributed by atoms with Crippen LogP contribution in [0.1, 0.15) is 75.1 Å². The van der Waals surface area contributed by atoms with Gasteiger partial charge in [0, 0.05) is 62.8 Å². The minimum absolute atomic E-state index is 0.0146. The van der Waals surface area contributed by atoms with Crippen LogP contribution in [0.25, 0.3) is 0 Å². The fourth-order valence-corrected chi connectivity index (χ4v) is 8.31. The van der Waals surface area contributed by atoms with Gasteiger partial charge in [-0.1, -0.05) is 56.3 Å². The fourth-order valence-electron chi connectivity index (χ4n) is 8.31. The molecule has 3 heterocycles. The first-order valence-corrected chi connectivity index (χ1v) is 18.6. The number of allylic oxidation sites excluding steroid dienone is 1. The van der Waals surface area contributed by atoms with Gasteiger partial charge in [0.1, 0.15) is 23.8 Å². The molecule has 0 bridgehead atoms. The number of ketones is 1. The molecule has 3 aromatic rings. The molecule has 0 aromatic heterocycles. The van der Waals surface area contributed by atoms with Gasteiger partial charge in [0.2, 0.25) is 11.8 Å². The van der Waals surface area contributed by atoms with Crippen LogP contribution in [-0.2, 0) is 25.7 Å². The number of nitrogens with zero attached hydrogens (tertiary/aromatic N) is 3. The molecule has 2 fully saturated rings. The molecule has 3 aliphatic heterocycles. The normalized spacial score (nSPS) is 20.8. The molecule has 274 valence electrons. The Labute approximate surface area is 306 Å². The number of Topliss-reactive ketones (excluding diaryl/α,β-unsaturated/α-hetero) is 1. The summed E-state index contributed by atoms with van der Waals surface area (Å²) in [6, 6.07) is 20.5. The molecule has 1 unspecified atom stereocenters. The van der Waals surface area contributed by atoms with Crippen molar-refractivity contribution in [2.45, 2.75) is 78.0 Å². The maximum absolute atomic E-state index is 14.7. The van der Waals surface area contributed by atoms with Gasteiger partial charge in [-0.3, -0.25) is 24.2 Å². The number of likely N-dealkylation sites (tertiary alicyclic amines) is 1. The third-order valence-corrected chi connectivity index (χ3v) is 11.0. The zero-order valence-corrected chi connectivity index (χ0v) is 30.5. The number of anilines is 2. The summed E-state index contributed by atoms with van der Waals surface area (Å²) in [6.07, 6.45) is 2.73. The second-order valence-electron chi connectivity index (χ2n) is 15.3. The molecule has 7 rings (SSSR count). The number of phenols is 1. The molecule has 10 heteroatoms.